The average molecular weight is 295 g/mol. The summed E-state index contributed by atoms with van der Waals surface area (Å²) in [4.78, 5) is 16.3. The lowest BCUT2D eigenvalue weighted by Gasteiger charge is -2.24. The smallest absolute Gasteiger partial charge is 0.321 e. The van der Waals surface area contributed by atoms with Gasteiger partial charge in [-0.2, -0.15) is 0 Å². The zero-order valence-electron chi connectivity index (χ0n) is 12.8. The molecule has 0 radical (unpaired) electrons. The maximum Gasteiger partial charge on any atom is 0.321 e. The lowest BCUT2D eigenvalue weighted by Crippen LogP contribution is -2.32. The van der Waals surface area contributed by atoms with E-state index in [4.69, 9.17) is 0 Å². The van der Waals surface area contributed by atoms with Crippen LogP contribution in [0.3, 0.4) is 0 Å². The predicted molar refractivity (Wildman–Crippen MR) is 90.8 cm³/mol. The van der Waals surface area contributed by atoms with E-state index in [0.717, 1.165) is 43.0 Å². The Morgan fingerprint density at radius 1 is 1.00 bits per heavy atom. The van der Waals surface area contributed by atoms with Gasteiger partial charge in [-0.15, -0.1) is 0 Å². The van der Waals surface area contributed by atoms with Crippen molar-refractivity contribution in [3.05, 3.63) is 54.6 Å². The van der Waals surface area contributed by atoms with Crippen LogP contribution in [0, 0.1) is 0 Å². The molecular weight excluding hydrogens is 274 g/mol. The van der Waals surface area contributed by atoms with E-state index >= 15 is 0 Å². The van der Waals surface area contributed by atoms with E-state index < -0.39 is 0 Å². The quantitative estimate of drug-likeness (QED) is 0.926. The van der Waals surface area contributed by atoms with Crippen molar-refractivity contribution in [1.29, 1.82) is 0 Å². The van der Waals surface area contributed by atoms with Gasteiger partial charge in [0.1, 0.15) is 0 Å². The van der Waals surface area contributed by atoms with Crippen LogP contribution < -0.4 is 10.2 Å². The predicted octanol–water partition coefficient (Wildman–Crippen LogP) is 4.08. The van der Waals surface area contributed by atoms with Crippen molar-refractivity contribution < 1.29 is 4.79 Å². The summed E-state index contributed by atoms with van der Waals surface area (Å²) < 4.78 is 0. The second kappa shape index (κ2) is 6.52. The van der Waals surface area contributed by atoms with Gasteiger partial charge in [-0.1, -0.05) is 30.3 Å². The Balaban J connectivity index is 1.82. The normalized spacial score (nSPS) is 14.0. The Bertz CT molecular complexity index is 636. The molecule has 4 nitrogen and oxygen atoms in total. The van der Waals surface area contributed by atoms with Crippen molar-refractivity contribution in [2.24, 2.45) is 0 Å². The molecule has 4 heteroatoms. The molecule has 1 fully saturated rings. The number of carbonyl (C=O) groups is 1. The Labute approximate surface area is 131 Å². The standard InChI is InChI=1S/C18H21N3O/c1-20(15-9-3-2-4-10-15)17-12-6-5-11-16(17)19-18(22)21-13-7-8-14-21/h2-6,9-12H,7-8,13-14H2,1H3,(H,19,22). The number of nitrogens with zero attached hydrogens (tertiary/aromatic N) is 2. The van der Waals surface area contributed by atoms with Gasteiger partial charge in [0.15, 0.2) is 0 Å². The minimum Gasteiger partial charge on any atom is -0.343 e. The van der Waals surface area contributed by atoms with Crippen LogP contribution in [0.5, 0.6) is 0 Å². The fourth-order valence-corrected chi connectivity index (χ4v) is 2.78. The molecule has 2 aromatic rings. The van der Waals surface area contributed by atoms with Crippen molar-refractivity contribution in [1.82, 2.24) is 4.90 Å². The molecule has 1 heterocycles. The highest BCUT2D eigenvalue weighted by molar-refractivity contribution is 5.94. The van der Waals surface area contributed by atoms with Crippen LogP contribution in [0.25, 0.3) is 0 Å². The second-order valence-electron chi connectivity index (χ2n) is 5.54. The molecule has 3 rings (SSSR count). The maximum atomic E-state index is 12.3. The molecule has 0 spiro atoms. The molecule has 114 valence electrons. The molecule has 0 bridgehead atoms. The highest BCUT2D eigenvalue weighted by Gasteiger charge is 2.19. The van der Waals surface area contributed by atoms with E-state index in [9.17, 15) is 4.79 Å². The largest absolute Gasteiger partial charge is 0.343 e. The molecule has 0 saturated carbocycles. The minimum absolute atomic E-state index is 0.00795. The SMILES string of the molecule is CN(c1ccccc1)c1ccccc1NC(=O)N1CCCC1. The first-order chi connectivity index (χ1) is 10.8. The first kappa shape index (κ1) is 14.4. The van der Waals surface area contributed by atoms with E-state index in [0.29, 0.717) is 0 Å². The molecular formula is C18H21N3O. The van der Waals surface area contributed by atoms with Gasteiger partial charge >= 0.3 is 6.03 Å². The van der Waals surface area contributed by atoms with Crippen LogP contribution in [0.1, 0.15) is 12.8 Å². The van der Waals surface area contributed by atoms with Crippen LogP contribution in [-0.2, 0) is 0 Å². The van der Waals surface area contributed by atoms with Gasteiger partial charge in [0.05, 0.1) is 11.4 Å². The molecule has 0 unspecified atom stereocenters. The number of anilines is 3. The number of amides is 2. The molecule has 2 aromatic carbocycles. The summed E-state index contributed by atoms with van der Waals surface area (Å²) >= 11 is 0. The summed E-state index contributed by atoms with van der Waals surface area (Å²) in [7, 11) is 2.01. The molecule has 1 saturated heterocycles. The maximum absolute atomic E-state index is 12.3. The van der Waals surface area contributed by atoms with Crippen LogP contribution in [0.4, 0.5) is 21.9 Å². The van der Waals surface area contributed by atoms with Gasteiger partial charge in [-0.05, 0) is 37.1 Å². The van der Waals surface area contributed by atoms with E-state index in [1.54, 1.807) is 0 Å². The number of likely N-dealkylation sites (tertiary alicyclic amines) is 1. The number of hydrogen-bond donors (Lipinski definition) is 1. The van der Waals surface area contributed by atoms with Gasteiger partial charge < -0.3 is 15.1 Å². The van der Waals surface area contributed by atoms with Crippen LogP contribution in [0.2, 0.25) is 0 Å². The van der Waals surface area contributed by atoms with Gasteiger partial charge in [0.2, 0.25) is 0 Å². The summed E-state index contributed by atoms with van der Waals surface area (Å²) in [6.45, 7) is 1.70. The lowest BCUT2D eigenvalue weighted by atomic mass is 10.2. The lowest BCUT2D eigenvalue weighted by molar-refractivity contribution is 0.222. The van der Waals surface area contributed by atoms with E-state index in [1.165, 1.54) is 0 Å². The van der Waals surface area contributed by atoms with Crippen molar-refractivity contribution in [3.8, 4) is 0 Å². The summed E-state index contributed by atoms with van der Waals surface area (Å²) in [5.41, 5.74) is 2.91. The third-order valence-electron chi connectivity index (χ3n) is 4.04. The number of rotatable bonds is 3. The van der Waals surface area contributed by atoms with E-state index in [-0.39, 0.29) is 6.03 Å². The Kier molecular flexibility index (Phi) is 4.28. The fraction of sp³-hybridized carbons (Fsp3) is 0.278. The summed E-state index contributed by atoms with van der Waals surface area (Å²) in [6, 6.07) is 18.0. The number of nitrogens with one attached hydrogen (secondary N) is 1. The van der Waals surface area contributed by atoms with E-state index in [2.05, 4.69) is 22.3 Å². The third kappa shape index (κ3) is 3.06. The zero-order valence-corrected chi connectivity index (χ0v) is 12.8. The Morgan fingerprint density at radius 3 is 2.36 bits per heavy atom. The Hall–Kier alpha value is -2.49. The molecule has 0 atom stereocenters. The zero-order chi connectivity index (χ0) is 15.4. The fourth-order valence-electron chi connectivity index (χ4n) is 2.78. The molecule has 1 aliphatic heterocycles. The number of para-hydroxylation sites is 3. The summed E-state index contributed by atoms with van der Waals surface area (Å²) in [5.74, 6) is 0. The van der Waals surface area contributed by atoms with Crippen LogP contribution in [-0.4, -0.2) is 31.1 Å². The number of benzene rings is 2. The summed E-state index contributed by atoms with van der Waals surface area (Å²) in [5, 5.41) is 3.05. The number of carbonyl (C=O) groups excluding carboxylic acids is 1. The molecule has 1 aliphatic rings. The average Bonchev–Trinajstić information content (AvgIpc) is 3.10. The van der Waals surface area contributed by atoms with Crippen molar-refractivity contribution in [2.45, 2.75) is 12.8 Å². The molecule has 22 heavy (non-hydrogen) atoms. The molecule has 2 amide bonds. The topological polar surface area (TPSA) is 35.6 Å². The van der Waals surface area contributed by atoms with Crippen molar-refractivity contribution >= 4 is 23.1 Å². The van der Waals surface area contributed by atoms with Crippen LogP contribution >= 0.6 is 0 Å². The highest BCUT2D eigenvalue weighted by Crippen LogP contribution is 2.30. The Morgan fingerprint density at radius 2 is 1.64 bits per heavy atom. The molecule has 1 N–H and O–H groups in total. The third-order valence-corrected chi connectivity index (χ3v) is 4.04. The highest BCUT2D eigenvalue weighted by atomic mass is 16.2. The number of urea groups is 1. The van der Waals surface area contributed by atoms with Crippen molar-refractivity contribution in [2.75, 3.05) is 30.4 Å². The summed E-state index contributed by atoms with van der Waals surface area (Å²) in [6.07, 6.45) is 2.19. The van der Waals surface area contributed by atoms with Gasteiger partial charge in [0, 0.05) is 25.8 Å². The van der Waals surface area contributed by atoms with E-state index in [1.807, 2.05) is 54.4 Å². The molecule has 0 aromatic heterocycles. The first-order valence-corrected chi connectivity index (χ1v) is 7.69. The number of hydrogen-bond acceptors (Lipinski definition) is 2. The second-order valence-corrected chi connectivity index (χ2v) is 5.54. The molecule has 0 aliphatic carbocycles. The first-order valence-electron chi connectivity index (χ1n) is 7.69. The van der Waals surface area contributed by atoms with Gasteiger partial charge in [0.25, 0.3) is 0 Å². The van der Waals surface area contributed by atoms with Crippen LogP contribution in [0.15, 0.2) is 54.6 Å². The minimum atomic E-state index is -0.00795. The van der Waals surface area contributed by atoms with Gasteiger partial charge in [-0.3, -0.25) is 0 Å². The monoisotopic (exact) mass is 295 g/mol. The van der Waals surface area contributed by atoms with Gasteiger partial charge in [-0.25, -0.2) is 4.79 Å². The van der Waals surface area contributed by atoms with Crippen molar-refractivity contribution in [3.63, 3.8) is 0 Å².